The number of hydrogen-bond donors (Lipinski definition) is 1. The summed E-state index contributed by atoms with van der Waals surface area (Å²) in [6, 6.07) is 48.1. The van der Waals surface area contributed by atoms with Gasteiger partial charge in [-0.1, -0.05) is 158 Å². The summed E-state index contributed by atoms with van der Waals surface area (Å²) in [4.78, 5) is 20.4. The molecule has 2 heterocycles. The van der Waals surface area contributed by atoms with Gasteiger partial charge >= 0.3 is 0 Å². The maximum atomic E-state index is 5.17. The van der Waals surface area contributed by atoms with Crippen molar-refractivity contribution >= 4 is 28.3 Å². The van der Waals surface area contributed by atoms with E-state index in [-0.39, 0.29) is 6.17 Å². The number of hydrogen-bond acceptors (Lipinski definition) is 5. The van der Waals surface area contributed by atoms with E-state index in [2.05, 4.69) is 124 Å². The number of fused-ring (bicyclic) bond motifs is 1. The van der Waals surface area contributed by atoms with E-state index in [4.69, 9.17) is 19.9 Å². The highest BCUT2D eigenvalue weighted by Crippen LogP contribution is 2.39. The van der Waals surface area contributed by atoms with Crippen LogP contribution in [0.25, 0.3) is 67.8 Å². The SMILES string of the molecule is C=Cc1cccc(C2=CC(/C(C)=C/C)=NC(c3ccc(-c4ccc5ccccc5c4-c4nc(-c5ccccc5)nc(-c5ccccc5)n4)cc3)N2)c1C. The van der Waals surface area contributed by atoms with Gasteiger partial charge in [-0.3, -0.25) is 4.99 Å². The molecule has 0 spiro atoms. The fraction of sp³-hybridized carbons (Fsp3) is 0.0833. The Balaban J connectivity index is 1.24. The van der Waals surface area contributed by atoms with Crippen LogP contribution in [0.3, 0.4) is 0 Å². The highest BCUT2D eigenvalue weighted by Gasteiger charge is 2.22. The van der Waals surface area contributed by atoms with Crippen LogP contribution in [-0.4, -0.2) is 20.7 Å². The van der Waals surface area contributed by atoms with Crippen LogP contribution in [0.15, 0.2) is 169 Å². The predicted octanol–water partition coefficient (Wildman–Crippen LogP) is 11.7. The zero-order chi connectivity index (χ0) is 36.3. The zero-order valence-corrected chi connectivity index (χ0v) is 30.1. The van der Waals surface area contributed by atoms with E-state index in [1.54, 1.807) is 0 Å². The molecular formula is C48H39N5. The molecule has 1 N–H and O–H groups in total. The zero-order valence-electron chi connectivity index (χ0n) is 30.1. The number of benzene rings is 6. The van der Waals surface area contributed by atoms with Gasteiger partial charge < -0.3 is 5.32 Å². The number of nitrogens with one attached hydrogen (secondary N) is 1. The summed E-state index contributed by atoms with van der Waals surface area (Å²) in [5, 5.41) is 5.93. The van der Waals surface area contributed by atoms with Gasteiger partial charge in [0, 0.05) is 28.0 Å². The second-order valence-corrected chi connectivity index (χ2v) is 13.2. The Kier molecular flexibility index (Phi) is 9.14. The first-order valence-electron chi connectivity index (χ1n) is 17.9. The van der Waals surface area contributed by atoms with Crippen molar-refractivity contribution in [2.75, 3.05) is 0 Å². The number of aromatic nitrogens is 3. The molecule has 5 heteroatoms. The largest absolute Gasteiger partial charge is 0.360 e. The van der Waals surface area contributed by atoms with Gasteiger partial charge in [0.05, 0.1) is 5.71 Å². The Labute approximate surface area is 310 Å². The lowest BCUT2D eigenvalue weighted by atomic mass is 9.92. The number of rotatable bonds is 8. The third-order valence-corrected chi connectivity index (χ3v) is 9.95. The average molecular weight is 686 g/mol. The van der Waals surface area contributed by atoms with Crippen molar-refractivity contribution in [3.05, 3.63) is 186 Å². The third kappa shape index (κ3) is 6.61. The van der Waals surface area contributed by atoms with E-state index >= 15 is 0 Å². The molecule has 5 nitrogen and oxygen atoms in total. The fourth-order valence-corrected chi connectivity index (χ4v) is 6.90. The van der Waals surface area contributed by atoms with Crippen LogP contribution in [0, 0.1) is 6.92 Å². The van der Waals surface area contributed by atoms with Gasteiger partial charge in [-0.25, -0.2) is 15.0 Å². The summed E-state index contributed by atoms with van der Waals surface area (Å²) in [5.74, 6) is 1.90. The molecule has 1 aromatic heterocycles. The molecule has 0 saturated carbocycles. The lowest BCUT2D eigenvalue weighted by Gasteiger charge is -2.26. The van der Waals surface area contributed by atoms with E-state index in [9.17, 15) is 0 Å². The summed E-state index contributed by atoms with van der Waals surface area (Å²) in [6.45, 7) is 10.3. The monoisotopic (exact) mass is 685 g/mol. The van der Waals surface area contributed by atoms with Crippen molar-refractivity contribution in [3.63, 3.8) is 0 Å². The van der Waals surface area contributed by atoms with Gasteiger partial charge in [-0.05, 0) is 71.0 Å². The van der Waals surface area contributed by atoms with Gasteiger partial charge in [0.2, 0.25) is 0 Å². The molecule has 53 heavy (non-hydrogen) atoms. The van der Waals surface area contributed by atoms with Crippen LogP contribution in [0.5, 0.6) is 0 Å². The Morgan fingerprint density at radius 2 is 1.28 bits per heavy atom. The standard InChI is InChI=1S/C48H39N5/c1-5-31(3)42-30-43(39-23-15-21-33(6-2)32(39)4)50-45(49-42)38-26-24-35(25-27-38)41-29-28-34-16-13-14-22-40(34)44(41)48-52-46(36-17-9-7-10-18-36)51-47(53-48)37-19-11-8-12-20-37/h5-30,45,50H,2H2,1,3-4H3/b31-5+. The van der Waals surface area contributed by atoms with E-state index in [1.807, 2.05) is 66.7 Å². The maximum Gasteiger partial charge on any atom is 0.165 e. The first kappa shape index (κ1) is 33.4. The van der Waals surface area contributed by atoms with Crippen LogP contribution in [-0.2, 0) is 0 Å². The lowest BCUT2D eigenvalue weighted by molar-refractivity contribution is 0.663. The minimum Gasteiger partial charge on any atom is -0.360 e. The number of nitrogens with zero attached hydrogens (tertiary/aromatic N) is 4. The van der Waals surface area contributed by atoms with Crippen molar-refractivity contribution in [1.29, 1.82) is 0 Å². The molecule has 1 aliphatic rings. The molecular weight excluding hydrogens is 647 g/mol. The molecule has 0 aliphatic carbocycles. The van der Waals surface area contributed by atoms with E-state index in [1.165, 1.54) is 5.56 Å². The van der Waals surface area contributed by atoms with E-state index in [0.717, 1.165) is 72.3 Å². The minimum atomic E-state index is -0.262. The predicted molar refractivity (Wildman–Crippen MR) is 221 cm³/mol. The molecule has 1 unspecified atom stereocenters. The topological polar surface area (TPSA) is 63.1 Å². The van der Waals surface area contributed by atoms with Gasteiger partial charge in [0.15, 0.2) is 17.5 Å². The normalized spacial score (nSPS) is 14.3. The summed E-state index contributed by atoms with van der Waals surface area (Å²) < 4.78 is 0. The van der Waals surface area contributed by atoms with Crippen LogP contribution < -0.4 is 5.32 Å². The quantitative estimate of drug-likeness (QED) is 0.173. The first-order chi connectivity index (χ1) is 26.0. The molecule has 0 radical (unpaired) electrons. The van der Waals surface area contributed by atoms with E-state index < -0.39 is 0 Å². The first-order valence-corrected chi connectivity index (χ1v) is 17.9. The highest BCUT2D eigenvalue weighted by molar-refractivity contribution is 6.12. The van der Waals surface area contributed by atoms with Crippen molar-refractivity contribution in [2.45, 2.75) is 26.9 Å². The smallest absolute Gasteiger partial charge is 0.165 e. The summed E-state index contributed by atoms with van der Waals surface area (Å²) in [5.41, 5.74) is 12.6. The van der Waals surface area contributed by atoms with Crippen LogP contribution in [0.2, 0.25) is 0 Å². The molecule has 8 rings (SSSR count). The fourth-order valence-electron chi connectivity index (χ4n) is 6.90. The summed E-state index contributed by atoms with van der Waals surface area (Å²) >= 11 is 0. The molecule has 0 fully saturated rings. The summed E-state index contributed by atoms with van der Waals surface area (Å²) in [7, 11) is 0. The van der Waals surface area contributed by atoms with Gasteiger partial charge in [0.1, 0.15) is 6.17 Å². The van der Waals surface area contributed by atoms with E-state index in [0.29, 0.717) is 17.5 Å². The second kappa shape index (κ2) is 14.5. The van der Waals surface area contributed by atoms with Gasteiger partial charge in [-0.2, -0.15) is 0 Å². The van der Waals surface area contributed by atoms with Crippen molar-refractivity contribution < 1.29 is 0 Å². The Hall–Kier alpha value is -6.72. The average Bonchev–Trinajstić information content (AvgIpc) is 3.23. The van der Waals surface area contributed by atoms with Gasteiger partial charge in [0.25, 0.3) is 0 Å². The molecule has 0 saturated heterocycles. The van der Waals surface area contributed by atoms with Gasteiger partial charge in [-0.15, -0.1) is 0 Å². The molecule has 6 aromatic carbocycles. The second-order valence-electron chi connectivity index (χ2n) is 13.2. The molecule has 7 aromatic rings. The lowest BCUT2D eigenvalue weighted by Crippen LogP contribution is -2.25. The third-order valence-electron chi connectivity index (χ3n) is 9.95. The van der Waals surface area contributed by atoms with Crippen LogP contribution in [0.4, 0.5) is 0 Å². The molecule has 0 bridgehead atoms. The minimum absolute atomic E-state index is 0.262. The van der Waals surface area contributed by atoms with Crippen molar-refractivity contribution in [2.24, 2.45) is 4.99 Å². The molecule has 0 amide bonds. The maximum absolute atomic E-state index is 5.17. The Bertz CT molecular complexity index is 2510. The number of aliphatic imine (C=N–C) groups is 1. The highest BCUT2D eigenvalue weighted by atomic mass is 15.1. The summed E-state index contributed by atoms with van der Waals surface area (Å²) in [6.07, 6.45) is 5.91. The Morgan fingerprint density at radius 3 is 1.94 bits per heavy atom. The van der Waals surface area contributed by atoms with Crippen molar-refractivity contribution in [3.8, 4) is 45.3 Å². The van der Waals surface area contributed by atoms with Crippen molar-refractivity contribution in [1.82, 2.24) is 20.3 Å². The molecule has 256 valence electrons. The Morgan fingerprint density at radius 1 is 0.642 bits per heavy atom. The number of allylic oxidation sites excluding steroid dienone is 3. The molecule has 1 atom stereocenters. The van der Waals surface area contributed by atoms with Crippen LogP contribution >= 0.6 is 0 Å². The molecule has 1 aliphatic heterocycles. The van der Waals surface area contributed by atoms with Crippen LogP contribution in [0.1, 0.15) is 42.3 Å².